The van der Waals surface area contributed by atoms with Crippen molar-refractivity contribution >= 4 is 38.8 Å². The zero-order valence-corrected chi connectivity index (χ0v) is 18.2. The third kappa shape index (κ3) is 4.03. The van der Waals surface area contributed by atoms with Gasteiger partial charge in [0.05, 0.1) is 33.9 Å². The van der Waals surface area contributed by atoms with E-state index in [1.54, 1.807) is 29.8 Å². The van der Waals surface area contributed by atoms with Crippen LogP contribution in [0.25, 0.3) is 10.2 Å². The molecule has 1 fully saturated rings. The second-order valence-electron chi connectivity index (χ2n) is 8.27. The quantitative estimate of drug-likeness (QED) is 0.593. The summed E-state index contributed by atoms with van der Waals surface area (Å²) in [5.74, 6) is 0.178. The van der Waals surface area contributed by atoms with Crippen LogP contribution in [0.15, 0.2) is 36.7 Å². The number of piperidine rings is 1. The van der Waals surface area contributed by atoms with E-state index in [4.69, 9.17) is 5.73 Å². The molecule has 7 nitrogen and oxygen atoms in total. The lowest BCUT2D eigenvalue weighted by atomic mass is 9.92. The van der Waals surface area contributed by atoms with Crippen molar-refractivity contribution in [3.8, 4) is 0 Å². The number of carbonyl (C=O) groups excluding carboxylic acids is 1. The highest BCUT2D eigenvalue weighted by Gasteiger charge is 2.32. The summed E-state index contributed by atoms with van der Waals surface area (Å²) in [7, 11) is 0. The lowest BCUT2D eigenvalue weighted by molar-refractivity contribution is 0.0785. The minimum absolute atomic E-state index is 0.0308. The van der Waals surface area contributed by atoms with E-state index in [-0.39, 0.29) is 17.9 Å². The van der Waals surface area contributed by atoms with Gasteiger partial charge in [0.1, 0.15) is 5.69 Å². The zero-order valence-electron chi connectivity index (χ0n) is 17.4. The van der Waals surface area contributed by atoms with E-state index in [0.717, 1.165) is 15.9 Å². The first-order valence-corrected chi connectivity index (χ1v) is 11.0. The molecule has 3 atom stereocenters. The Morgan fingerprint density at radius 1 is 1.33 bits per heavy atom. The van der Waals surface area contributed by atoms with Crippen molar-refractivity contribution in [3.05, 3.63) is 47.2 Å². The second kappa shape index (κ2) is 8.29. The molecule has 3 aromatic rings. The van der Waals surface area contributed by atoms with Gasteiger partial charge in [-0.15, -0.1) is 11.3 Å². The number of hydrogen-bond donors (Lipinski definition) is 3. The molecule has 3 unspecified atom stereocenters. The summed E-state index contributed by atoms with van der Waals surface area (Å²) in [6, 6.07) is 7.27. The summed E-state index contributed by atoms with van der Waals surface area (Å²) >= 11 is 1.71. The number of aliphatic hydroxyl groups is 1. The number of aromatic nitrogens is 2. The molecule has 0 bridgehead atoms. The zero-order chi connectivity index (χ0) is 21.4. The number of carbonyl (C=O) groups is 1. The van der Waals surface area contributed by atoms with Crippen molar-refractivity contribution in [1.29, 1.82) is 0 Å². The summed E-state index contributed by atoms with van der Waals surface area (Å²) in [6.45, 7) is 7.43. The maximum absolute atomic E-state index is 12.9. The maximum Gasteiger partial charge on any atom is 0.274 e. The Balaban J connectivity index is 1.57. The van der Waals surface area contributed by atoms with E-state index in [9.17, 15) is 9.90 Å². The van der Waals surface area contributed by atoms with E-state index in [1.807, 2.05) is 19.1 Å². The minimum atomic E-state index is -0.529. The van der Waals surface area contributed by atoms with Crippen LogP contribution in [0.4, 0.5) is 11.4 Å². The van der Waals surface area contributed by atoms with Crippen LogP contribution in [0.2, 0.25) is 0 Å². The maximum atomic E-state index is 12.9. The number of nitrogens with zero attached hydrogens (tertiary/aromatic N) is 3. The van der Waals surface area contributed by atoms with Crippen molar-refractivity contribution in [2.75, 3.05) is 23.3 Å². The normalized spacial score (nSPS) is 21.9. The van der Waals surface area contributed by atoms with Crippen LogP contribution in [0.1, 0.15) is 42.1 Å². The fourth-order valence-electron chi connectivity index (χ4n) is 3.81. The van der Waals surface area contributed by atoms with Gasteiger partial charge in [0.25, 0.3) is 5.91 Å². The number of thiophene rings is 1. The highest BCUT2D eigenvalue weighted by atomic mass is 32.1. The Labute approximate surface area is 179 Å². The molecule has 1 saturated heterocycles. The molecule has 3 aromatic heterocycles. The molecule has 0 saturated carbocycles. The first-order valence-electron chi connectivity index (χ1n) is 10.2. The van der Waals surface area contributed by atoms with Gasteiger partial charge < -0.3 is 21.1 Å². The summed E-state index contributed by atoms with van der Waals surface area (Å²) in [6.07, 6.45) is 2.79. The van der Waals surface area contributed by atoms with Gasteiger partial charge in [0.2, 0.25) is 0 Å². The molecule has 1 aliphatic rings. The number of aliphatic hydroxyl groups excluding tert-OH is 1. The number of pyridine rings is 2. The highest BCUT2D eigenvalue weighted by molar-refractivity contribution is 7.19. The predicted molar refractivity (Wildman–Crippen MR) is 121 cm³/mol. The molecule has 8 heteroatoms. The van der Waals surface area contributed by atoms with Gasteiger partial charge in [-0.2, -0.15) is 0 Å². The monoisotopic (exact) mass is 425 g/mol. The SMILES string of the molecule is CC(C)c1cc2nc(C(=O)Nc3cnccc3N3CC(C)C(O)C(N)C3)ccc2s1. The van der Waals surface area contributed by atoms with Crippen LogP contribution in [0.3, 0.4) is 0 Å². The Kier molecular flexibility index (Phi) is 5.73. The number of nitrogens with one attached hydrogen (secondary N) is 1. The van der Waals surface area contributed by atoms with Crippen LogP contribution >= 0.6 is 11.3 Å². The first-order chi connectivity index (χ1) is 14.3. The minimum Gasteiger partial charge on any atom is -0.391 e. The summed E-state index contributed by atoms with van der Waals surface area (Å²) in [4.78, 5) is 25.0. The number of anilines is 2. The molecule has 0 radical (unpaired) electrons. The van der Waals surface area contributed by atoms with Crippen LogP contribution in [0, 0.1) is 5.92 Å². The third-order valence-corrected chi connectivity index (χ3v) is 6.93. The Morgan fingerprint density at radius 3 is 2.87 bits per heavy atom. The molecule has 30 heavy (non-hydrogen) atoms. The third-order valence-electron chi connectivity index (χ3n) is 5.54. The average molecular weight is 426 g/mol. The van der Waals surface area contributed by atoms with Crippen LogP contribution in [-0.4, -0.2) is 46.2 Å². The van der Waals surface area contributed by atoms with Gasteiger partial charge in [-0.3, -0.25) is 9.78 Å². The molecule has 1 aliphatic heterocycles. The number of hydrogen-bond acceptors (Lipinski definition) is 7. The largest absolute Gasteiger partial charge is 0.391 e. The summed E-state index contributed by atoms with van der Waals surface area (Å²) in [5.41, 5.74) is 8.76. The van der Waals surface area contributed by atoms with Crippen molar-refractivity contribution < 1.29 is 9.90 Å². The van der Waals surface area contributed by atoms with E-state index in [0.29, 0.717) is 30.4 Å². The molecule has 4 N–H and O–H groups in total. The Morgan fingerprint density at radius 2 is 2.13 bits per heavy atom. The van der Waals surface area contributed by atoms with Crippen molar-refractivity contribution in [3.63, 3.8) is 0 Å². The molecular formula is C22H27N5O2S. The first kappa shape index (κ1) is 20.7. The molecule has 158 valence electrons. The predicted octanol–water partition coefficient (Wildman–Crippen LogP) is 3.21. The van der Waals surface area contributed by atoms with E-state index in [2.05, 4.69) is 40.1 Å². The van der Waals surface area contributed by atoms with Crippen LogP contribution < -0.4 is 16.0 Å². The van der Waals surface area contributed by atoms with E-state index < -0.39 is 6.10 Å². The molecule has 0 aromatic carbocycles. The summed E-state index contributed by atoms with van der Waals surface area (Å²) < 4.78 is 1.08. The van der Waals surface area contributed by atoms with Gasteiger partial charge in [0, 0.05) is 36.1 Å². The Hall–Kier alpha value is -2.55. The molecule has 0 aliphatic carbocycles. The number of rotatable bonds is 4. The molecular weight excluding hydrogens is 398 g/mol. The van der Waals surface area contributed by atoms with Gasteiger partial charge in [-0.25, -0.2) is 4.98 Å². The van der Waals surface area contributed by atoms with Gasteiger partial charge in [-0.05, 0) is 30.2 Å². The summed E-state index contributed by atoms with van der Waals surface area (Å²) in [5, 5.41) is 13.1. The van der Waals surface area contributed by atoms with Crippen molar-refractivity contribution in [2.24, 2.45) is 11.7 Å². The Bertz CT molecular complexity index is 1050. The lowest BCUT2D eigenvalue weighted by Crippen LogP contribution is -2.55. The van der Waals surface area contributed by atoms with Gasteiger partial charge in [-0.1, -0.05) is 20.8 Å². The fraction of sp³-hybridized carbons (Fsp3) is 0.409. The fourth-order valence-corrected chi connectivity index (χ4v) is 4.82. The smallest absolute Gasteiger partial charge is 0.274 e. The van der Waals surface area contributed by atoms with Crippen molar-refractivity contribution in [2.45, 2.75) is 38.8 Å². The van der Waals surface area contributed by atoms with E-state index >= 15 is 0 Å². The lowest BCUT2D eigenvalue weighted by Gasteiger charge is -2.40. The average Bonchev–Trinajstić information content (AvgIpc) is 3.16. The van der Waals surface area contributed by atoms with Gasteiger partial charge in [0.15, 0.2) is 0 Å². The molecule has 0 spiro atoms. The second-order valence-corrected chi connectivity index (χ2v) is 9.38. The van der Waals surface area contributed by atoms with Crippen LogP contribution in [-0.2, 0) is 0 Å². The number of fused-ring (bicyclic) bond motifs is 1. The standard InChI is InChI=1S/C22H27N5O2S/c1-12(2)20-8-16-19(30-20)5-4-15(25-16)22(29)26-17-9-24-7-6-18(17)27-10-13(3)21(28)14(23)11-27/h4-9,12-14,21,28H,10-11,23H2,1-3H3,(H,26,29). The molecule has 1 amide bonds. The number of amides is 1. The number of nitrogens with two attached hydrogens (primary N) is 1. The highest BCUT2D eigenvalue weighted by Crippen LogP contribution is 2.31. The molecule has 4 rings (SSSR count). The van der Waals surface area contributed by atoms with Gasteiger partial charge >= 0.3 is 0 Å². The topological polar surface area (TPSA) is 104 Å². The van der Waals surface area contributed by atoms with E-state index in [1.165, 1.54) is 4.88 Å². The van der Waals surface area contributed by atoms with Crippen LogP contribution in [0.5, 0.6) is 0 Å². The molecule has 4 heterocycles. The van der Waals surface area contributed by atoms with Crippen molar-refractivity contribution in [1.82, 2.24) is 9.97 Å².